The molecule has 0 radical (unpaired) electrons. The van der Waals surface area contributed by atoms with Crippen molar-refractivity contribution in [2.45, 2.75) is 38.6 Å². The summed E-state index contributed by atoms with van der Waals surface area (Å²) in [6, 6.07) is 16.0. The zero-order valence-corrected chi connectivity index (χ0v) is 19.8. The zero-order chi connectivity index (χ0) is 24.8. The van der Waals surface area contributed by atoms with Crippen LogP contribution in [-0.2, 0) is 6.54 Å². The maximum absolute atomic E-state index is 13.6. The second-order valence-electron chi connectivity index (χ2n) is 8.61. The maximum atomic E-state index is 13.6. The van der Waals surface area contributed by atoms with Crippen LogP contribution in [0.3, 0.4) is 0 Å². The SMILES string of the molecule is COc1ccc(C(=O)N(CCC2=CCCCC2)c2c(N)n(Cc3ccccc3)c(=O)[nH]c2=O)cc1. The van der Waals surface area contributed by atoms with Crippen LogP contribution in [0.1, 0.15) is 48.0 Å². The van der Waals surface area contributed by atoms with E-state index >= 15 is 0 Å². The van der Waals surface area contributed by atoms with E-state index in [0.717, 1.165) is 31.2 Å². The number of benzene rings is 2. The number of nitrogens with two attached hydrogens (primary N) is 1. The minimum Gasteiger partial charge on any atom is -0.497 e. The first-order chi connectivity index (χ1) is 17.0. The van der Waals surface area contributed by atoms with Crippen molar-refractivity contribution in [3.05, 3.63) is 98.2 Å². The molecule has 0 unspecified atom stereocenters. The highest BCUT2D eigenvalue weighted by Gasteiger charge is 2.26. The van der Waals surface area contributed by atoms with Gasteiger partial charge in [0.25, 0.3) is 11.5 Å². The minimum atomic E-state index is -0.684. The highest BCUT2D eigenvalue weighted by Crippen LogP contribution is 2.25. The van der Waals surface area contributed by atoms with E-state index in [4.69, 9.17) is 10.5 Å². The summed E-state index contributed by atoms with van der Waals surface area (Å²) in [6.07, 6.45) is 7.11. The molecule has 1 aliphatic rings. The zero-order valence-electron chi connectivity index (χ0n) is 19.8. The van der Waals surface area contributed by atoms with Gasteiger partial charge in [0.2, 0.25) is 0 Å². The normalized spacial score (nSPS) is 13.2. The largest absolute Gasteiger partial charge is 0.497 e. The summed E-state index contributed by atoms with van der Waals surface area (Å²) in [5.74, 6) is 0.211. The number of hydrogen-bond donors (Lipinski definition) is 2. The Bertz CT molecular complexity index is 1320. The molecule has 0 atom stereocenters. The van der Waals surface area contributed by atoms with Crippen LogP contribution < -0.4 is 26.6 Å². The lowest BCUT2D eigenvalue weighted by Gasteiger charge is -2.26. The molecule has 1 heterocycles. The Hall–Kier alpha value is -4.07. The number of anilines is 2. The quantitative estimate of drug-likeness (QED) is 0.484. The number of allylic oxidation sites excluding steroid dienone is 1. The van der Waals surface area contributed by atoms with E-state index < -0.39 is 11.2 Å². The molecule has 1 amide bonds. The lowest BCUT2D eigenvalue weighted by Crippen LogP contribution is -2.42. The number of aromatic nitrogens is 2. The van der Waals surface area contributed by atoms with Crippen LogP contribution in [-0.4, -0.2) is 29.1 Å². The molecule has 3 aromatic rings. The number of H-pyrrole nitrogens is 1. The molecule has 1 aromatic heterocycles. The molecule has 0 fully saturated rings. The van der Waals surface area contributed by atoms with Crippen LogP contribution in [0.2, 0.25) is 0 Å². The number of aromatic amines is 1. The predicted molar refractivity (Wildman–Crippen MR) is 137 cm³/mol. The summed E-state index contributed by atoms with van der Waals surface area (Å²) in [5.41, 5.74) is 7.60. The van der Waals surface area contributed by atoms with Gasteiger partial charge < -0.3 is 15.4 Å². The van der Waals surface area contributed by atoms with Crippen molar-refractivity contribution in [3.8, 4) is 5.75 Å². The van der Waals surface area contributed by atoms with Crippen molar-refractivity contribution < 1.29 is 9.53 Å². The van der Waals surface area contributed by atoms with E-state index in [9.17, 15) is 14.4 Å². The van der Waals surface area contributed by atoms with Gasteiger partial charge in [-0.3, -0.25) is 19.1 Å². The van der Waals surface area contributed by atoms with E-state index in [1.54, 1.807) is 31.4 Å². The van der Waals surface area contributed by atoms with E-state index in [1.807, 2.05) is 30.3 Å². The first-order valence-corrected chi connectivity index (χ1v) is 11.8. The van der Waals surface area contributed by atoms with Gasteiger partial charge in [0.15, 0.2) is 5.69 Å². The highest BCUT2D eigenvalue weighted by molar-refractivity contribution is 6.07. The Balaban J connectivity index is 1.75. The summed E-state index contributed by atoms with van der Waals surface area (Å²) < 4.78 is 6.49. The molecule has 0 saturated carbocycles. The predicted octanol–water partition coefficient (Wildman–Crippen LogP) is 3.71. The van der Waals surface area contributed by atoms with Crippen molar-refractivity contribution in [1.82, 2.24) is 9.55 Å². The van der Waals surface area contributed by atoms with Crippen LogP contribution in [0.15, 0.2) is 75.8 Å². The third-order valence-electron chi connectivity index (χ3n) is 6.29. The van der Waals surface area contributed by atoms with Gasteiger partial charge in [0.05, 0.1) is 13.7 Å². The first-order valence-electron chi connectivity index (χ1n) is 11.8. The fraction of sp³-hybridized carbons (Fsp3) is 0.296. The Morgan fingerprint density at radius 1 is 1.09 bits per heavy atom. The Labute approximate surface area is 203 Å². The number of nitrogens with zero attached hydrogens (tertiary/aromatic N) is 2. The molecule has 0 saturated heterocycles. The molecule has 8 heteroatoms. The average Bonchev–Trinajstić information content (AvgIpc) is 2.89. The molecule has 0 aliphatic heterocycles. The smallest absolute Gasteiger partial charge is 0.330 e. The average molecular weight is 475 g/mol. The van der Waals surface area contributed by atoms with Crippen LogP contribution in [0.4, 0.5) is 11.5 Å². The monoisotopic (exact) mass is 474 g/mol. The molecule has 182 valence electrons. The highest BCUT2D eigenvalue weighted by atomic mass is 16.5. The Kier molecular flexibility index (Phi) is 7.50. The molecule has 8 nitrogen and oxygen atoms in total. The van der Waals surface area contributed by atoms with Crippen LogP contribution in [0.25, 0.3) is 0 Å². The number of nitrogens with one attached hydrogen (secondary N) is 1. The first kappa shape index (κ1) is 24.1. The molecule has 2 aromatic carbocycles. The topological polar surface area (TPSA) is 110 Å². The third-order valence-corrected chi connectivity index (χ3v) is 6.29. The maximum Gasteiger partial charge on any atom is 0.330 e. The van der Waals surface area contributed by atoms with Gasteiger partial charge in [-0.1, -0.05) is 42.0 Å². The van der Waals surface area contributed by atoms with Gasteiger partial charge >= 0.3 is 5.69 Å². The number of ether oxygens (including phenoxy) is 1. The second-order valence-corrected chi connectivity index (χ2v) is 8.61. The van der Waals surface area contributed by atoms with Crippen molar-refractivity contribution in [2.24, 2.45) is 0 Å². The lowest BCUT2D eigenvalue weighted by molar-refractivity contribution is 0.0986. The summed E-state index contributed by atoms with van der Waals surface area (Å²) in [5, 5.41) is 0. The number of rotatable bonds is 8. The summed E-state index contributed by atoms with van der Waals surface area (Å²) in [7, 11) is 1.55. The summed E-state index contributed by atoms with van der Waals surface area (Å²) >= 11 is 0. The van der Waals surface area contributed by atoms with Crippen molar-refractivity contribution in [2.75, 3.05) is 24.3 Å². The standard InChI is InChI=1S/C27H30N4O4/c1-35-22-14-12-21(13-15-22)26(33)30(17-16-19-8-4-2-5-9-19)23-24(28)31(27(34)29-25(23)32)18-20-10-6-3-7-11-20/h3,6-8,10-15H,2,4-5,9,16-18,28H2,1H3,(H,29,32,34). The van der Waals surface area contributed by atoms with E-state index in [-0.39, 0.29) is 30.5 Å². The number of hydrogen-bond acceptors (Lipinski definition) is 5. The van der Waals surface area contributed by atoms with E-state index in [0.29, 0.717) is 17.7 Å². The fourth-order valence-electron chi connectivity index (χ4n) is 4.35. The van der Waals surface area contributed by atoms with Crippen LogP contribution >= 0.6 is 0 Å². The van der Waals surface area contributed by atoms with Crippen LogP contribution in [0, 0.1) is 0 Å². The van der Waals surface area contributed by atoms with Gasteiger partial charge in [-0.25, -0.2) is 4.79 Å². The number of nitrogen functional groups attached to an aromatic ring is 1. The molecule has 4 rings (SSSR count). The van der Waals surface area contributed by atoms with Gasteiger partial charge in [-0.15, -0.1) is 0 Å². The molecule has 0 spiro atoms. The van der Waals surface area contributed by atoms with Crippen molar-refractivity contribution >= 4 is 17.4 Å². The van der Waals surface area contributed by atoms with Gasteiger partial charge in [0.1, 0.15) is 11.6 Å². The molecular formula is C27H30N4O4. The molecule has 0 bridgehead atoms. The van der Waals surface area contributed by atoms with Gasteiger partial charge in [0, 0.05) is 12.1 Å². The van der Waals surface area contributed by atoms with E-state index in [1.165, 1.54) is 15.0 Å². The Morgan fingerprint density at radius 3 is 2.49 bits per heavy atom. The van der Waals surface area contributed by atoms with Gasteiger partial charge in [-0.05, 0) is 61.9 Å². The van der Waals surface area contributed by atoms with Crippen LogP contribution in [0.5, 0.6) is 5.75 Å². The number of methoxy groups -OCH3 is 1. The molecular weight excluding hydrogens is 444 g/mol. The molecule has 3 N–H and O–H groups in total. The third kappa shape index (κ3) is 5.54. The number of amides is 1. The van der Waals surface area contributed by atoms with Crippen molar-refractivity contribution in [3.63, 3.8) is 0 Å². The number of carbonyl (C=O) groups is 1. The fourth-order valence-corrected chi connectivity index (χ4v) is 4.35. The minimum absolute atomic E-state index is 0.0160. The van der Waals surface area contributed by atoms with Gasteiger partial charge in [-0.2, -0.15) is 0 Å². The second kappa shape index (κ2) is 10.9. The van der Waals surface area contributed by atoms with E-state index in [2.05, 4.69) is 11.1 Å². The number of carbonyl (C=O) groups excluding carboxylic acids is 1. The molecule has 1 aliphatic carbocycles. The summed E-state index contributed by atoms with van der Waals surface area (Å²) in [4.78, 5) is 43.1. The lowest BCUT2D eigenvalue weighted by atomic mass is 9.97. The summed E-state index contributed by atoms with van der Waals surface area (Å²) in [6.45, 7) is 0.443. The Morgan fingerprint density at radius 2 is 1.83 bits per heavy atom. The molecule has 35 heavy (non-hydrogen) atoms. The van der Waals surface area contributed by atoms with Crippen molar-refractivity contribution in [1.29, 1.82) is 0 Å².